The zero-order valence-electron chi connectivity index (χ0n) is 12.7. The van der Waals surface area contributed by atoms with Crippen molar-refractivity contribution < 1.29 is 8.42 Å². The summed E-state index contributed by atoms with van der Waals surface area (Å²) < 4.78 is 26.5. The van der Waals surface area contributed by atoms with E-state index in [9.17, 15) is 8.42 Å². The second kappa shape index (κ2) is 6.64. The van der Waals surface area contributed by atoms with Crippen LogP contribution in [0.15, 0.2) is 66.0 Å². The molecule has 0 atom stereocenters. The number of hydrogen-bond donors (Lipinski definition) is 0. The van der Waals surface area contributed by atoms with E-state index in [1.165, 1.54) is 24.3 Å². The molecule has 0 spiro atoms. The normalized spacial score (nSPS) is 11.1. The van der Waals surface area contributed by atoms with E-state index in [1.807, 2.05) is 24.3 Å². The fourth-order valence-corrected chi connectivity index (χ4v) is 3.54. The molecule has 0 bridgehead atoms. The van der Waals surface area contributed by atoms with Crippen molar-refractivity contribution in [2.75, 3.05) is 5.75 Å². The minimum absolute atomic E-state index is 0.0708. The summed E-state index contributed by atoms with van der Waals surface area (Å²) >= 11 is 0. The van der Waals surface area contributed by atoms with Gasteiger partial charge in [0.1, 0.15) is 0 Å². The number of nitrogens with zero attached hydrogens (tertiary/aromatic N) is 4. The lowest BCUT2D eigenvalue weighted by Crippen LogP contribution is -2.14. The van der Waals surface area contributed by atoms with E-state index in [0.717, 1.165) is 11.3 Å². The molecule has 2 aromatic heterocycles. The fourth-order valence-electron chi connectivity index (χ4n) is 2.34. The first-order valence-corrected chi connectivity index (χ1v) is 8.90. The van der Waals surface area contributed by atoms with E-state index in [2.05, 4.69) is 10.1 Å². The number of aromatic nitrogens is 3. The number of hydrogen-bond acceptors (Lipinski definition) is 5. The molecule has 0 amide bonds. The molecule has 0 aliphatic carbocycles. The predicted molar refractivity (Wildman–Crippen MR) is 88.7 cm³/mol. The minimum atomic E-state index is -3.44. The highest BCUT2D eigenvalue weighted by molar-refractivity contribution is 7.91. The third-order valence-electron chi connectivity index (χ3n) is 3.61. The molecular weight excluding hydrogens is 324 g/mol. The number of nitriles is 1. The zero-order valence-corrected chi connectivity index (χ0v) is 13.5. The first kappa shape index (κ1) is 15.9. The van der Waals surface area contributed by atoms with Crippen molar-refractivity contribution in [1.82, 2.24) is 14.8 Å². The molecule has 0 saturated carbocycles. The molecule has 6 nitrogen and oxygen atoms in total. The minimum Gasteiger partial charge on any atom is -0.265 e. The highest BCUT2D eigenvalue weighted by Crippen LogP contribution is 2.19. The van der Waals surface area contributed by atoms with E-state index in [4.69, 9.17) is 5.26 Å². The van der Waals surface area contributed by atoms with Gasteiger partial charge in [-0.1, -0.05) is 0 Å². The molecule has 0 N–H and O–H groups in total. The molecule has 7 heteroatoms. The van der Waals surface area contributed by atoms with Crippen LogP contribution in [0.2, 0.25) is 0 Å². The highest BCUT2D eigenvalue weighted by atomic mass is 32.2. The maximum absolute atomic E-state index is 12.4. The van der Waals surface area contributed by atoms with E-state index < -0.39 is 9.84 Å². The smallest absolute Gasteiger partial charge is 0.180 e. The molecule has 3 rings (SSSR count). The molecule has 0 aliphatic rings. The number of benzene rings is 1. The molecule has 0 aliphatic heterocycles. The Balaban J connectivity index is 1.78. The Labute approximate surface area is 139 Å². The summed E-state index contributed by atoms with van der Waals surface area (Å²) in [6.45, 7) is 0.243. The van der Waals surface area contributed by atoms with Crippen LogP contribution < -0.4 is 0 Å². The van der Waals surface area contributed by atoms with Crippen molar-refractivity contribution in [3.8, 4) is 17.3 Å². The van der Waals surface area contributed by atoms with E-state index in [1.54, 1.807) is 23.3 Å². The summed E-state index contributed by atoms with van der Waals surface area (Å²) in [7, 11) is -3.44. The molecule has 3 aromatic rings. The van der Waals surface area contributed by atoms with Gasteiger partial charge in [0.05, 0.1) is 34.5 Å². The van der Waals surface area contributed by atoms with Crippen LogP contribution in [0, 0.1) is 11.3 Å². The number of rotatable bonds is 5. The van der Waals surface area contributed by atoms with Crippen molar-refractivity contribution in [1.29, 1.82) is 5.26 Å². The second-order valence-corrected chi connectivity index (χ2v) is 7.24. The summed E-state index contributed by atoms with van der Waals surface area (Å²) in [6, 6.07) is 13.4. The monoisotopic (exact) mass is 338 g/mol. The van der Waals surface area contributed by atoms with Gasteiger partial charge in [-0.05, 0) is 42.5 Å². The van der Waals surface area contributed by atoms with Crippen molar-refractivity contribution in [2.24, 2.45) is 0 Å². The molecule has 24 heavy (non-hydrogen) atoms. The third-order valence-corrected chi connectivity index (χ3v) is 5.32. The maximum atomic E-state index is 12.4. The van der Waals surface area contributed by atoms with Crippen molar-refractivity contribution in [3.05, 3.63) is 66.6 Å². The molecule has 0 radical (unpaired) electrons. The summed E-state index contributed by atoms with van der Waals surface area (Å²) in [5, 5.41) is 13.0. The van der Waals surface area contributed by atoms with E-state index in [-0.39, 0.29) is 17.2 Å². The van der Waals surface area contributed by atoms with Crippen molar-refractivity contribution in [3.63, 3.8) is 0 Å². The Hall–Kier alpha value is -2.98. The quantitative estimate of drug-likeness (QED) is 0.712. The van der Waals surface area contributed by atoms with Crippen molar-refractivity contribution in [2.45, 2.75) is 11.4 Å². The number of aryl methyl sites for hydroxylation is 1. The lowest BCUT2D eigenvalue weighted by atomic mass is 10.2. The molecule has 0 saturated heterocycles. The first-order chi connectivity index (χ1) is 11.6. The lowest BCUT2D eigenvalue weighted by molar-refractivity contribution is 0.582. The van der Waals surface area contributed by atoms with Gasteiger partial charge in [-0.3, -0.25) is 9.67 Å². The van der Waals surface area contributed by atoms with Gasteiger partial charge >= 0.3 is 0 Å². The number of pyridine rings is 1. The Bertz CT molecular complexity index is 971. The van der Waals surface area contributed by atoms with Crippen LogP contribution in [0.3, 0.4) is 0 Å². The zero-order chi connectivity index (χ0) is 17.0. The standard InChI is InChI=1S/C17H14N4O2S/c18-13-14-1-3-16(4-2-14)24(22,23)12-11-21-17(7-10-20-21)15-5-8-19-9-6-15/h1-10H,11-12H2. The lowest BCUT2D eigenvalue weighted by Gasteiger charge is -2.08. The van der Waals surface area contributed by atoms with Gasteiger partial charge < -0.3 is 0 Å². The van der Waals surface area contributed by atoms with Crippen LogP contribution in [0.4, 0.5) is 0 Å². The largest absolute Gasteiger partial charge is 0.265 e. The summed E-state index contributed by atoms with van der Waals surface area (Å²) in [5.74, 6) is -0.0708. The second-order valence-electron chi connectivity index (χ2n) is 5.13. The fraction of sp³-hybridized carbons (Fsp3) is 0.118. The van der Waals surface area contributed by atoms with Crippen LogP contribution in [0.25, 0.3) is 11.3 Å². The molecule has 1 aromatic carbocycles. The number of sulfone groups is 1. The Morgan fingerprint density at radius 2 is 1.71 bits per heavy atom. The van der Waals surface area contributed by atoms with Gasteiger partial charge in [-0.25, -0.2) is 8.42 Å². The maximum Gasteiger partial charge on any atom is 0.180 e. The summed E-state index contributed by atoms with van der Waals surface area (Å²) in [4.78, 5) is 4.18. The Kier molecular flexibility index (Phi) is 4.40. The molecule has 0 fully saturated rings. The van der Waals surface area contributed by atoms with Crippen LogP contribution in [-0.2, 0) is 16.4 Å². The van der Waals surface area contributed by atoms with Crippen LogP contribution in [-0.4, -0.2) is 28.9 Å². The average Bonchev–Trinajstić information content (AvgIpc) is 3.09. The van der Waals surface area contributed by atoms with Gasteiger partial charge in [-0.2, -0.15) is 10.4 Å². The van der Waals surface area contributed by atoms with Crippen LogP contribution >= 0.6 is 0 Å². The predicted octanol–water partition coefficient (Wildman–Crippen LogP) is 2.29. The van der Waals surface area contributed by atoms with Crippen molar-refractivity contribution >= 4 is 9.84 Å². The molecule has 0 unspecified atom stereocenters. The summed E-state index contributed by atoms with van der Waals surface area (Å²) in [6.07, 6.45) is 5.00. The first-order valence-electron chi connectivity index (χ1n) is 7.25. The van der Waals surface area contributed by atoms with E-state index in [0.29, 0.717) is 5.56 Å². The van der Waals surface area contributed by atoms with Gasteiger partial charge in [0.2, 0.25) is 0 Å². The van der Waals surface area contributed by atoms with Gasteiger partial charge in [-0.15, -0.1) is 0 Å². The van der Waals surface area contributed by atoms with Crippen LogP contribution in [0.5, 0.6) is 0 Å². The Morgan fingerprint density at radius 3 is 2.38 bits per heavy atom. The van der Waals surface area contributed by atoms with Crippen LogP contribution in [0.1, 0.15) is 5.56 Å². The Morgan fingerprint density at radius 1 is 1.00 bits per heavy atom. The molecule has 2 heterocycles. The summed E-state index contributed by atoms with van der Waals surface area (Å²) in [5.41, 5.74) is 2.20. The SMILES string of the molecule is N#Cc1ccc(S(=O)(=O)CCn2nccc2-c2ccncc2)cc1. The van der Waals surface area contributed by atoms with E-state index >= 15 is 0 Å². The third kappa shape index (κ3) is 3.34. The van der Waals surface area contributed by atoms with Gasteiger partial charge in [0.15, 0.2) is 9.84 Å². The van der Waals surface area contributed by atoms with Gasteiger partial charge in [0, 0.05) is 24.2 Å². The average molecular weight is 338 g/mol. The topological polar surface area (TPSA) is 88.6 Å². The van der Waals surface area contributed by atoms with Gasteiger partial charge in [0.25, 0.3) is 0 Å². The highest BCUT2D eigenvalue weighted by Gasteiger charge is 2.16. The molecule has 120 valence electrons. The molecular formula is C17H14N4O2S.